The molecule has 0 N–H and O–H groups in total. The molecular formula is C23H26N4O2. The maximum Gasteiger partial charge on any atom is 0.243 e. The lowest BCUT2D eigenvalue weighted by atomic mass is 9.93. The van der Waals surface area contributed by atoms with Crippen molar-refractivity contribution in [3.05, 3.63) is 58.8 Å². The molecule has 1 aromatic heterocycles. The summed E-state index contributed by atoms with van der Waals surface area (Å²) in [5, 5.41) is 15.1. The van der Waals surface area contributed by atoms with E-state index in [9.17, 15) is 4.79 Å². The Bertz CT molecular complexity index is 951. The molecule has 1 amide bonds. The number of aryl methyl sites for hydroxylation is 2. The van der Waals surface area contributed by atoms with Crippen LogP contribution in [-0.4, -0.2) is 33.8 Å². The van der Waals surface area contributed by atoms with Crippen LogP contribution in [0.4, 0.5) is 0 Å². The first-order valence-corrected chi connectivity index (χ1v) is 9.77. The van der Waals surface area contributed by atoms with Crippen LogP contribution < -0.4 is 4.74 Å². The fourth-order valence-electron chi connectivity index (χ4n) is 3.51. The average molecular weight is 390 g/mol. The number of rotatable bonds is 6. The molecule has 0 saturated carbocycles. The van der Waals surface area contributed by atoms with E-state index in [1.54, 1.807) is 17.1 Å². The quantitative estimate of drug-likeness (QED) is 0.694. The summed E-state index contributed by atoms with van der Waals surface area (Å²) in [7, 11) is 0. The first-order chi connectivity index (χ1) is 13.8. The molecule has 0 aliphatic carbocycles. The maximum absolute atomic E-state index is 12.8. The number of carbonyl (C=O) groups excluding carboxylic acids is 1. The van der Waals surface area contributed by atoms with E-state index < -0.39 is 0 Å². The van der Waals surface area contributed by atoms with Crippen LogP contribution in [0.5, 0.6) is 5.88 Å². The predicted molar refractivity (Wildman–Crippen MR) is 112 cm³/mol. The van der Waals surface area contributed by atoms with E-state index in [1.807, 2.05) is 19.9 Å². The normalized spacial score (nSPS) is 15.0. The van der Waals surface area contributed by atoms with Crippen LogP contribution in [0.1, 0.15) is 55.4 Å². The third-order valence-corrected chi connectivity index (χ3v) is 4.84. The summed E-state index contributed by atoms with van der Waals surface area (Å²) in [6.45, 7) is 8.61. The minimum atomic E-state index is -0.348. The Balaban J connectivity index is 1.58. The van der Waals surface area contributed by atoms with E-state index >= 15 is 0 Å². The van der Waals surface area contributed by atoms with Crippen LogP contribution in [0.25, 0.3) is 0 Å². The molecule has 0 saturated heterocycles. The third kappa shape index (κ3) is 5.00. The fourth-order valence-corrected chi connectivity index (χ4v) is 3.51. The summed E-state index contributed by atoms with van der Waals surface area (Å²) in [5.41, 5.74) is 4.56. The number of pyridine rings is 1. The van der Waals surface area contributed by atoms with Crippen LogP contribution in [0, 0.1) is 25.2 Å². The topological polar surface area (TPSA) is 78.6 Å². The van der Waals surface area contributed by atoms with Crippen molar-refractivity contribution in [1.82, 2.24) is 9.99 Å². The molecular weight excluding hydrogens is 364 g/mol. The summed E-state index contributed by atoms with van der Waals surface area (Å²) in [4.78, 5) is 16.8. The fraction of sp³-hybridized carbons (Fsp3) is 0.391. The van der Waals surface area contributed by atoms with Crippen molar-refractivity contribution >= 4 is 11.6 Å². The van der Waals surface area contributed by atoms with Crippen LogP contribution >= 0.6 is 0 Å². The Kier molecular flexibility index (Phi) is 5.97. The van der Waals surface area contributed by atoms with Crippen LogP contribution in [0.3, 0.4) is 0 Å². The van der Waals surface area contributed by atoms with E-state index in [2.05, 4.69) is 42.1 Å². The van der Waals surface area contributed by atoms with Gasteiger partial charge in [0.15, 0.2) is 0 Å². The molecule has 0 bridgehead atoms. The van der Waals surface area contributed by atoms with Crippen molar-refractivity contribution in [2.45, 2.75) is 52.5 Å². The molecule has 0 spiro atoms. The van der Waals surface area contributed by atoms with Crippen molar-refractivity contribution in [1.29, 1.82) is 5.26 Å². The molecule has 0 unspecified atom stereocenters. The number of benzene rings is 1. The van der Waals surface area contributed by atoms with E-state index in [0.717, 1.165) is 17.7 Å². The Hall–Kier alpha value is -3.20. The van der Waals surface area contributed by atoms with Crippen molar-refractivity contribution in [2.24, 2.45) is 5.10 Å². The first-order valence-electron chi connectivity index (χ1n) is 9.77. The highest BCUT2D eigenvalue weighted by Gasteiger charge is 2.38. The minimum absolute atomic E-state index is 0.00855. The van der Waals surface area contributed by atoms with Crippen LogP contribution in [-0.2, 0) is 4.79 Å². The smallest absolute Gasteiger partial charge is 0.243 e. The number of carbonyl (C=O) groups is 1. The van der Waals surface area contributed by atoms with Gasteiger partial charge in [0, 0.05) is 25.1 Å². The second-order valence-electron chi connectivity index (χ2n) is 8.07. The average Bonchev–Trinajstić information content (AvgIpc) is 3.00. The predicted octanol–water partition coefficient (Wildman–Crippen LogP) is 4.14. The highest BCUT2D eigenvalue weighted by atomic mass is 16.5. The largest absolute Gasteiger partial charge is 0.478 e. The van der Waals surface area contributed by atoms with E-state index in [1.165, 1.54) is 17.3 Å². The zero-order valence-corrected chi connectivity index (χ0v) is 17.4. The summed E-state index contributed by atoms with van der Waals surface area (Å²) < 4.78 is 5.56. The number of hydrogen-bond acceptors (Lipinski definition) is 5. The number of amides is 1. The number of aromatic nitrogens is 1. The van der Waals surface area contributed by atoms with Gasteiger partial charge in [0.25, 0.3) is 0 Å². The number of hydrazone groups is 1. The van der Waals surface area contributed by atoms with Gasteiger partial charge in [-0.3, -0.25) is 4.79 Å². The monoisotopic (exact) mass is 390 g/mol. The molecule has 3 rings (SSSR count). The summed E-state index contributed by atoms with van der Waals surface area (Å²) in [5.74, 6) is 0.443. The summed E-state index contributed by atoms with van der Waals surface area (Å²) >= 11 is 0. The molecule has 2 heterocycles. The molecule has 0 atom stereocenters. The standard InChI is InChI=1S/C23H26N4O2/c1-16-10-17(2)12-19(11-16)20-13-23(3,4)27(26-20)22(28)6-5-9-29-21-8-7-18(14-24)15-25-21/h7-8,10-12,15H,5-6,9,13H2,1-4H3. The molecule has 6 nitrogen and oxygen atoms in total. The first kappa shape index (κ1) is 20.5. The van der Waals surface area contributed by atoms with Gasteiger partial charge in [-0.25, -0.2) is 9.99 Å². The van der Waals surface area contributed by atoms with Gasteiger partial charge in [-0.2, -0.15) is 10.4 Å². The Morgan fingerprint density at radius 3 is 2.59 bits per heavy atom. The van der Waals surface area contributed by atoms with Crippen molar-refractivity contribution in [3.63, 3.8) is 0 Å². The van der Waals surface area contributed by atoms with Gasteiger partial charge in [-0.05, 0) is 45.7 Å². The summed E-state index contributed by atoms with van der Waals surface area (Å²) in [6.07, 6.45) is 3.12. The molecule has 0 radical (unpaired) electrons. The van der Waals surface area contributed by atoms with Gasteiger partial charge in [0.1, 0.15) is 6.07 Å². The number of ether oxygens (including phenoxy) is 1. The molecule has 2 aromatic rings. The molecule has 0 fully saturated rings. The molecule has 6 heteroatoms. The Morgan fingerprint density at radius 1 is 1.24 bits per heavy atom. The lowest BCUT2D eigenvalue weighted by Gasteiger charge is -2.28. The van der Waals surface area contributed by atoms with E-state index in [0.29, 0.717) is 30.9 Å². The lowest BCUT2D eigenvalue weighted by Crippen LogP contribution is -2.40. The van der Waals surface area contributed by atoms with Crippen LogP contribution in [0.2, 0.25) is 0 Å². The van der Waals surface area contributed by atoms with Gasteiger partial charge in [-0.1, -0.05) is 29.3 Å². The van der Waals surface area contributed by atoms with Gasteiger partial charge in [0.2, 0.25) is 11.8 Å². The van der Waals surface area contributed by atoms with Gasteiger partial charge >= 0.3 is 0 Å². The Labute approximate surface area is 171 Å². The van der Waals surface area contributed by atoms with Crippen molar-refractivity contribution in [3.8, 4) is 11.9 Å². The van der Waals surface area contributed by atoms with Crippen molar-refractivity contribution < 1.29 is 9.53 Å². The van der Waals surface area contributed by atoms with E-state index in [-0.39, 0.29) is 11.4 Å². The van der Waals surface area contributed by atoms with Gasteiger partial charge in [-0.15, -0.1) is 0 Å². The zero-order chi connectivity index (χ0) is 21.0. The number of hydrogen-bond donors (Lipinski definition) is 0. The highest BCUT2D eigenvalue weighted by molar-refractivity contribution is 6.03. The summed E-state index contributed by atoms with van der Waals surface area (Å²) in [6, 6.07) is 11.7. The Morgan fingerprint density at radius 2 is 1.97 bits per heavy atom. The number of nitrogens with zero attached hydrogens (tertiary/aromatic N) is 4. The minimum Gasteiger partial charge on any atom is -0.478 e. The van der Waals surface area contributed by atoms with Gasteiger partial charge in [0.05, 0.1) is 23.4 Å². The zero-order valence-electron chi connectivity index (χ0n) is 17.4. The second kappa shape index (κ2) is 8.44. The molecule has 150 valence electrons. The van der Waals surface area contributed by atoms with Gasteiger partial charge < -0.3 is 4.74 Å². The van der Waals surface area contributed by atoms with Crippen LogP contribution in [0.15, 0.2) is 41.6 Å². The number of nitriles is 1. The van der Waals surface area contributed by atoms with Crippen molar-refractivity contribution in [2.75, 3.05) is 6.61 Å². The SMILES string of the molecule is Cc1cc(C)cc(C2=NN(C(=O)CCCOc3ccc(C#N)cn3)C(C)(C)C2)c1. The molecule has 1 aliphatic heterocycles. The molecule has 1 aliphatic rings. The maximum atomic E-state index is 12.8. The third-order valence-electron chi connectivity index (χ3n) is 4.84. The molecule has 29 heavy (non-hydrogen) atoms. The van der Waals surface area contributed by atoms with E-state index in [4.69, 9.17) is 10.00 Å². The lowest BCUT2D eigenvalue weighted by molar-refractivity contribution is -0.135. The highest BCUT2D eigenvalue weighted by Crippen LogP contribution is 2.30. The molecule has 1 aromatic carbocycles. The second-order valence-corrected chi connectivity index (χ2v) is 8.07.